The summed E-state index contributed by atoms with van der Waals surface area (Å²) in [5.74, 6) is -1.85. The van der Waals surface area contributed by atoms with Gasteiger partial charge in [0, 0.05) is 14.6 Å². The van der Waals surface area contributed by atoms with Gasteiger partial charge in [-0.1, -0.05) is 6.07 Å². The summed E-state index contributed by atoms with van der Waals surface area (Å²) in [7, 11) is 0. The highest BCUT2D eigenvalue weighted by atomic mass is 32.1. The molecule has 4 nitrogen and oxygen atoms in total. The number of carbonyl (C=O) groups is 2. The van der Waals surface area contributed by atoms with Crippen molar-refractivity contribution in [2.24, 2.45) is 0 Å². The van der Waals surface area contributed by atoms with Crippen LogP contribution in [0.3, 0.4) is 0 Å². The molecule has 3 aromatic rings. The Kier molecular flexibility index (Phi) is 4.02. The van der Waals surface area contributed by atoms with Gasteiger partial charge in [0.15, 0.2) is 0 Å². The van der Waals surface area contributed by atoms with Gasteiger partial charge in [-0.15, -0.1) is 22.7 Å². The molecule has 3 rings (SSSR count). The smallest absolute Gasteiger partial charge is 0.345 e. The van der Waals surface area contributed by atoms with Gasteiger partial charge in [-0.2, -0.15) is 0 Å². The largest absolute Gasteiger partial charge is 0.478 e. The van der Waals surface area contributed by atoms with E-state index in [1.165, 1.54) is 11.3 Å². The monoisotopic (exact) mass is 344 g/mol. The van der Waals surface area contributed by atoms with Crippen molar-refractivity contribution in [1.29, 1.82) is 0 Å². The van der Waals surface area contributed by atoms with Gasteiger partial charge in [-0.25, -0.2) is 9.59 Å². The highest BCUT2D eigenvalue weighted by Gasteiger charge is 2.12. The molecule has 2 aromatic heterocycles. The van der Waals surface area contributed by atoms with E-state index >= 15 is 0 Å². The number of thiophene rings is 2. The van der Waals surface area contributed by atoms with Gasteiger partial charge in [0.25, 0.3) is 0 Å². The van der Waals surface area contributed by atoms with E-state index in [2.05, 4.69) is 0 Å². The van der Waals surface area contributed by atoms with Crippen LogP contribution in [0.2, 0.25) is 0 Å². The maximum absolute atomic E-state index is 11.1. The molecule has 0 unspecified atom stereocenters. The molecule has 0 aliphatic rings. The number of hydrogen-bond donors (Lipinski definition) is 2. The molecule has 0 saturated heterocycles. The molecular formula is C17H12O4S2. The number of aryl methyl sites for hydroxylation is 1. The Hall–Kier alpha value is -2.44. The van der Waals surface area contributed by atoms with Crippen LogP contribution < -0.4 is 0 Å². The highest BCUT2D eigenvalue weighted by Crippen LogP contribution is 2.38. The highest BCUT2D eigenvalue weighted by molar-refractivity contribution is 7.24. The normalized spacial score (nSPS) is 10.7. The molecule has 2 N–H and O–H groups in total. The topological polar surface area (TPSA) is 74.6 Å². The van der Waals surface area contributed by atoms with Gasteiger partial charge in [0.05, 0.1) is 5.56 Å². The van der Waals surface area contributed by atoms with Crippen LogP contribution in [0.15, 0.2) is 42.5 Å². The van der Waals surface area contributed by atoms with Crippen molar-refractivity contribution in [2.45, 2.75) is 6.92 Å². The summed E-state index contributed by atoms with van der Waals surface area (Å²) in [6, 6.07) is 12.6. The number of aromatic carboxylic acids is 2. The Bertz CT molecular complexity index is 905. The molecule has 0 fully saturated rings. The van der Waals surface area contributed by atoms with E-state index in [9.17, 15) is 9.59 Å². The lowest BCUT2D eigenvalue weighted by Crippen LogP contribution is -1.99. The minimum absolute atomic E-state index is 0.301. The van der Waals surface area contributed by atoms with Crippen LogP contribution in [0.25, 0.3) is 20.2 Å². The van der Waals surface area contributed by atoms with Crippen LogP contribution >= 0.6 is 22.7 Å². The van der Waals surface area contributed by atoms with Crippen molar-refractivity contribution < 1.29 is 19.8 Å². The van der Waals surface area contributed by atoms with E-state index in [4.69, 9.17) is 10.2 Å². The zero-order valence-electron chi connectivity index (χ0n) is 12.1. The van der Waals surface area contributed by atoms with Crippen molar-refractivity contribution in [3.63, 3.8) is 0 Å². The van der Waals surface area contributed by atoms with Crippen LogP contribution in [0.4, 0.5) is 0 Å². The van der Waals surface area contributed by atoms with Gasteiger partial charge in [-0.3, -0.25) is 0 Å². The Morgan fingerprint density at radius 3 is 2.09 bits per heavy atom. The first-order valence-corrected chi connectivity index (χ1v) is 8.36. The molecule has 2 heterocycles. The van der Waals surface area contributed by atoms with Crippen molar-refractivity contribution >= 4 is 34.6 Å². The average Bonchev–Trinajstić information content (AvgIpc) is 3.16. The minimum Gasteiger partial charge on any atom is -0.478 e. The first kappa shape index (κ1) is 15.5. The number of carboxylic acid groups (broad SMARTS) is 2. The Morgan fingerprint density at radius 1 is 0.826 bits per heavy atom. The van der Waals surface area contributed by atoms with E-state index in [1.807, 2.05) is 24.3 Å². The lowest BCUT2D eigenvalue weighted by Gasteiger charge is -2.03. The summed E-state index contributed by atoms with van der Waals surface area (Å²) >= 11 is 2.80. The number of hydrogen-bond acceptors (Lipinski definition) is 4. The van der Waals surface area contributed by atoms with Crippen LogP contribution in [0.1, 0.15) is 25.6 Å². The maximum Gasteiger partial charge on any atom is 0.345 e. The first-order valence-electron chi connectivity index (χ1n) is 6.73. The molecule has 0 saturated carbocycles. The molecular weight excluding hydrogens is 332 g/mol. The van der Waals surface area contributed by atoms with Gasteiger partial charge >= 0.3 is 11.9 Å². The summed E-state index contributed by atoms with van der Waals surface area (Å²) in [6.07, 6.45) is 0. The van der Waals surface area contributed by atoms with E-state index < -0.39 is 11.9 Å². The zero-order chi connectivity index (χ0) is 16.6. The fourth-order valence-corrected chi connectivity index (χ4v) is 4.21. The minimum atomic E-state index is -0.930. The molecule has 23 heavy (non-hydrogen) atoms. The molecule has 0 aliphatic heterocycles. The Labute approximate surface area is 140 Å². The van der Waals surface area contributed by atoms with E-state index in [0.717, 1.165) is 20.2 Å². The molecule has 116 valence electrons. The third kappa shape index (κ3) is 3.04. The van der Waals surface area contributed by atoms with Gasteiger partial charge in [0.1, 0.15) is 4.88 Å². The third-order valence-corrected chi connectivity index (χ3v) is 5.81. The predicted molar refractivity (Wildman–Crippen MR) is 91.7 cm³/mol. The van der Waals surface area contributed by atoms with E-state index in [-0.39, 0.29) is 0 Å². The van der Waals surface area contributed by atoms with Crippen LogP contribution in [0, 0.1) is 6.92 Å². The molecule has 0 aliphatic carbocycles. The average molecular weight is 344 g/mol. The van der Waals surface area contributed by atoms with Crippen molar-refractivity contribution in [1.82, 2.24) is 0 Å². The SMILES string of the molecule is Cc1cc(-c2ccc(-c3ccc(C(=O)O)s3)s2)ccc1C(=O)O. The maximum atomic E-state index is 11.1. The van der Waals surface area contributed by atoms with Crippen molar-refractivity contribution in [3.8, 4) is 20.2 Å². The van der Waals surface area contributed by atoms with Gasteiger partial charge in [0.2, 0.25) is 0 Å². The van der Waals surface area contributed by atoms with Crippen LogP contribution in [-0.4, -0.2) is 22.2 Å². The van der Waals surface area contributed by atoms with Crippen molar-refractivity contribution in [3.05, 3.63) is 58.5 Å². The second-order valence-corrected chi connectivity index (χ2v) is 7.14. The zero-order valence-corrected chi connectivity index (χ0v) is 13.7. The second kappa shape index (κ2) is 5.98. The third-order valence-electron chi connectivity index (χ3n) is 3.41. The van der Waals surface area contributed by atoms with E-state index in [1.54, 1.807) is 36.5 Å². The fraction of sp³-hybridized carbons (Fsp3) is 0.0588. The Balaban J connectivity index is 1.93. The first-order chi connectivity index (χ1) is 11.0. The molecule has 0 spiro atoms. The molecule has 6 heteroatoms. The fourth-order valence-electron chi connectivity index (χ4n) is 2.27. The van der Waals surface area contributed by atoms with Crippen molar-refractivity contribution in [2.75, 3.05) is 0 Å². The van der Waals surface area contributed by atoms with Gasteiger partial charge in [-0.05, 0) is 54.4 Å². The summed E-state index contributed by atoms with van der Waals surface area (Å²) in [5.41, 5.74) is 1.97. The lowest BCUT2D eigenvalue weighted by atomic mass is 10.0. The summed E-state index contributed by atoms with van der Waals surface area (Å²) < 4.78 is 0. The molecule has 0 radical (unpaired) electrons. The predicted octanol–water partition coefficient (Wildman–Crippen LogP) is 4.85. The van der Waals surface area contributed by atoms with Gasteiger partial charge < -0.3 is 10.2 Å². The second-order valence-electron chi connectivity index (χ2n) is 4.97. The quantitative estimate of drug-likeness (QED) is 0.709. The Morgan fingerprint density at radius 2 is 1.48 bits per heavy atom. The molecule has 0 atom stereocenters. The van der Waals surface area contributed by atoms with Crippen LogP contribution in [-0.2, 0) is 0 Å². The number of carboxylic acids is 2. The molecule has 1 aromatic carbocycles. The molecule has 0 amide bonds. The summed E-state index contributed by atoms with van der Waals surface area (Å²) in [5, 5.41) is 18.1. The number of rotatable bonds is 4. The lowest BCUT2D eigenvalue weighted by molar-refractivity contribution is 0.0688. The summed E-state index contributed by atoms with van der Waals surface area (Å²) in [4.78, 5) is 25.3. The number of benzene rings is 1. The van der Waals surface area contributed by atoms with E-state index in [0.29, 0.717) is 16.0 Å². The summed E-state index contributed by atoms with van der Waals surface area (Å²) in [6.45, 7) is 1.78. The van der Waals surface area contributed by atoms with Crippen LogP contribution in [0.5, 0.6) is 0 Å². The molecule has 0 bridgehead atoms. The standard InChI is InChI=1S/C17H12O4S2/c1-9-8-10(2-3-11(9)16(18)19)12-4-5-13(22-12)14-6-7-15(23-14)17(20)21/h2-8H,1H3,(H,18,19)(H,20,21).